The van der Waals surface area contributed by atoms with Crippen molar-refractivity contribution >= 4 is 11.7 Å². The lowest BCUT2D eigenvalue weighted by molar-refractivity contribution is -0.665. The summed E-state index contributed by atoms with van der Waals surface area (Å²) >= 11 is 0. The molecule has 126 valence electrons. The summed E-state index contributed by atoms with van der Waals surface area (Å²) in [7, 11) is 0. The summed E-state index contributed by atoms with van der Waals surface area (Å²) in [4.78, 5) is 22.7. The summed E-state index contributed by atoms with van der Waals surface area (Å²) in [5.74, 6) is 0.0882. The Morgan fingerprint density at radius 1 is 1.35 bits per heavy atom. The van der Waals surface area contributed by atoms with Crippen molar-refractivity contribution in [2.75, 3.05) is 13.1 Å². The molecule has 0 spiro atoms. The zero-order valence-corrected chi connectivity index (χ0v) is 13.8. The Hall–Kier alpha value is -1.95. The number of piperidine rings is 1. The summed E-state index contributed by atoms with van der Waals surface area (Å²) in [5.41, 5.74) is 0.149. The molecular formula is C17H25N2O4+. The fraction of sp³-hybridized carbons (Fsp3) is 0.588. The molecule has 1 aliphatic heterocycles. The predicted molar refractivity (Wildman–Crippen MR) is 86.0 cm³/mol. The fourth-order valence-corrected chi connectivity index (χ4v) is 3.19. The third-order valence-corrected chi connectivity index (χ3v) is 4.59. The predicted octanol–water partition coefficient (Wildman–Crippen LogP) is 1.82. The van der Waals surface area contributed by atoms with E-state index in [-0.39, 0.29) is 18.1 Å². The van der Waals surface area contributed by atoms with E-state index in [2.05, 4.69) is 5.32 Å². The number of rotatable bonds is 6. The van der Waals surface area contributed by atoms with Gasteiger partial charge in [-0.15, -0.1) is 0 Å². The maximum absolute atomic E-state index is 12.2. The minimum Gasteiger partial charge on any atom is -0.459 e. The molecule has 6 heteroatoms. The van der Waals surface area contributed by atoms with E-state index in [0.29, 0.717) is 17.9 Å². The van der Waals surface area contributed by atoms with Crippen molar-refractivity contribution in [3.05, 3.63) is 39.9 Å². The van der Waals surface area contributed by atoms with Crippen LogP contribution in [0.1, 0.15) is 38.7 Å². The van der Waals surface area contributed by atoms with Crippen LogP contribution < -0.4 is 5.32 Å². The first-order valence-corrected chi connectivity index (χ1v) is 8.16. The number of para-hydroxylation sites is 1. The Balaban J connectivity index is 1.91. The molecule has 1 heterocycles. The number of hydrogen-bond donors (Lipinski definition) is 1. The van der Waals surface area contributed by atoms with Crippen LogP contribution in [-0.2, 0) is 16.0 Å². The van der Waals surface area contributed by atoms with E-state index in [1.165, 1.54) is 6.07 Å². The lowest BCUT2D eigenvalue weighted by Gasteiger charge is -2.35. The molecule has 0 aliphatic carbocycles. The Morgan fingerprint density at radius 2 is 2.00 bits per heavy atom. The van der Waals surface area contributed by atoms with E-state index >= 15 is 0 Å². The van der Waals surface area contributed by atoms with Crippen molar-refractivity contribution in [2.24, 2.45) is 5.92 Å². The molecule has 0 unspecified atom stereocenters. The molecule has 2 N–H and O–H groups in total. The van der Waals surface area contributed by atoms with E-state index < -0.39 is 10.5 Å². The topological polar surface area (TPSA) is 86.0 Å². The second kappa shape index (κ2) is 7.55. The number of benzene rings is 1. The van der Waals surface area contributed by atoms with Crippen LogP contribution in [0.5, 0.6) is 0 Å². The third kappa shape index (κ3) is 4.76. The molecule has 0 radical (unpaired) electrons. The van der Waals surface area contributed by atoms with Gasteiger partial charge in [0.2, 0.25) is 0 Å². The highest BCUT2D eigenvalue weighted by molar-refractivity contribution is 5.70. The van der Waals surface area contributed by atoms with Crippen molar-refractivity contribution in [3.8, 4) is 0 Å². The number of nitro groups is 1. The molecule has 1 saturated heterocycles. The van der Waals surface area contributed by atoms with Crippen LogP contribution in [0.2, 0.25) is 0 Å². The van der Waals surface area contributed by atoms with Gasteiger partial charge >= 0.3 is 5.97 Å². The Kier molecular flexibility index (Phi) is 5.71. The van der Waals surface area contributed by atoms with Crippen LogP contribution in [0.4, 0.5) is 5.69 Å². The maximum Gasteiger partial charge on any atom is 0.306 e. The highest BCUT2D eigenvalue weighted by Crippen LogP contribution is 2.28. The highest BCUT2D eigenvalue weighted by atomic mass is 16.6. The molecule has 0 amide bonds. The van der Waals surface area contributed by atoms with E-state index in [0.717, 1.165) is 25.9 Å². The lowest BCUT2D eigenvalue weighted by atomic mass is 9.83. The number of quaternary nitrogens is 1. The van der Waals surface area contributed by atoms with Gasteiger partial charge in [0.1, 0.15) is 5.60 Å². The van der Waals surface area contributed by atoms with Crippen molar-refractivity contribution in [1.82, 2.24) is 0 Å². The number of carbonyl (C=O) groups is 1. The molecule has 23 heavy (non-hydrogen) atoms. The summed E-state index contributed by atoms with van der Waals surface area (Å²) < 4.78 is 5.68. The average molecular weight is 321 g/mol. The monoisotopic (exact) mass is 321 g/mol. The molecule has 0 bridgehead atoms. The van der Waals surface area contributed by atoms with Crippen LogP contribution in [0, 0.1) is 16.0 Å². The summed E-state index contributed by atoms with van der Waals surface area (Å²) in [6.45, 7) is 6.07. The Labute approximate surface area is 136 Å². The molecule has 6 nitrogen and oxygen atoms in total. The quantitative estimate of drug-likeness (QED) is 0.492. The number of hydrogen-bond acceptors (Lipinski definition) is 4. The minimum atomic E-state index is -0.478. The fourth-order valence-electron chi connectivity index (χ4n) is 3.19. The van der Waals surface area contributed by atoms with Crippen LogP contribution >= 0.6 is 0 Å². The summed E-state index contributed by atoms with van der Waals surface area (Å²) in [6.07, 6.45) is 2.58. The molecule has 1 aliphatic rings. The zero-order chi connectivity index (χ0) is 16.9. The first-order valence-electron chi connectivity index (χ1n) is 8.16. The Morgan fingerprint density at radius 3 is 2.65 bits per heavy atom. The third-order valence-electron chi connectivity index (χ3n) is 4.59. The minimum absolute atomic E-state index is 0.0578. The number of nitro benzene ring substituents is 1. The van der Waals surface area contributed by atoms with Crippen molar-refractivity contribution < 1.29 is 19.8 Å². The van der Waals surface area contributed by atoms with Gasteiger partial charge in [-0.2, -0.15) is 0 Å². The average Bonchev–Trinajstić information content (AvgIpc) is 2.53. The molecular weight excluding hydrogens is 296 g/mol. The second-order valence-corrected chi connectivity index (χ2v) is 6.60. The number of carbonyl (C=O) groups excluding carboxylic acids is 1. The van der Waals surface area contributed by atoms with Gasteiger partial charge in [0.15, 0.2) is 0 Å². The second-order valence-electron chi connectivity index (χ2n) is 6.60. The number of ether oxygens (including phenoxy) is 1. The maximum atomic E-state index is 12.2. The number of nitrogens with two attached hydrogens (primary N) is 1. The van der Waals surface area contributed by atoms with Crippen molar-refractivity contribution in [2.45, 2.75) is 45.1 Å². The first-order chi connectivity index (χ1) is 10.9. The zero-order valence-electron chi connectivity index (χ0n) is 13.8. The SMILES string of the molecule is CC(C)(OC(=O)CCc1ccccc1[N+](=O)[O-])C1CC[NH2+]CC1. The standard InChI is InChI=1S/C17H24N2O4/c1-17(2,14-9-11-18-12-10-14)23-16(20)8-7-13-5-3-4-6-15(13)19(21)22/h3-6,14,18H,7-12H2,1-2H3/p+1. The molecule has 1 aromatic rings. The van der Waals surface area contributed by atoms with Crippen molar-refractivity contribution in [1.29, 1.82) is 0 Å². The van der Waals surface area contributed by atoms with Crippen LogP contribution in [-0.4, -0.2) is 29.6 Å². The normalized spacial score (nSPS) is 16.1. The van der Waals surface area contributed by atoms with Gasteiger partial charge in [-0.1, -0.05) is 18.2 Å². The van der Waals surface area contributed by atoms with Gasteiger partial charge < -0.3 is 10.1 Å². The van der Waals surface area contributed by atoms with Crippen LogP contribution in [0.25, 0.3) is 0 Å². The molecule has 1 fully saturated rings. The summed E-state index contributed by atoms with van der Waals surface area (Å²) in [6, 6.07) is 6.52. The number of aryl methyl sites for hydroxylation is 1. The van der Waals surface area contributed by atoms with Crippen LogP contribution in [0.3, 0.4) is 0 Å². The van der Waals surface area contributed by atoms with E-state index in [1.54, 1.807) is 18.2 Å². The lowest BCUT2D eigenvalue weighted by Crippen LogP contribution is -2.86. The van der Waals surface area contributed by atoms with E-state index in [1.807, 2.05) is 13.8 Å². The molecule has 0 atom stereocenters. The van der Waals surface area contributed by atoms with Gasteiger partial charge in [-0.25, -0.2) is 0 Å². The van der Waals surface area contributed by atoms with E-state index in [9.17, 15) is 14.9 Å². The largest absolute Gasteiger partial charge is 0.459 e. The molecule has 0 aromatic heterocycles. The van der Waals surface area contributed by atoms with Gasteiger partial charge in [0.05, 0.1) is 18.0 Å². The first kappa shape index (κ1) is 17.4. The van der Waals surface area contributed by atoms with Gasteiger partial charge in [0.25, 0.3) is 5.69 Å². The molecule has 2 rings (SSSR count). The Bertz CT molecular complexity index is 565. The van der Waals surface area contributed by atoms with Gasteiger partial charge in [0, 0.05) is 36.8 Å². The molecule has 0 saturated carbocycles. The summed E-state index contributed by atoms with van der Waals surface area (Å²) in [5, 5.41) is 13.3. The number of esters is 1. The van der Waals surface area contributed by atoms with Crippen molar-refractivity contribution in [3.63, 3.8) is 0 Å². The molecule has 1 aromatic carbocycles. The van der Waals surface area contributed by atoms with Crippen LogP contribution in [0.15, 0.2) is 24.3 Å². The smallest absolute Gasteiger partial charge is 0.306 e. The van der Waals surface area contributed by atoms with E-state index in [4.69, 9.17) is 4.74 Å². The highest BCUT2D eigenvalue weighted by Gasteiger charge is 2.35. The van der Waals surface area contributed by atoms with Gasteiger partial charge in [-0.05, 0) is 20.3 Å². The van der Waals surface area contributed by atoms with Gasteiger partial charge in [-0.3, -0.25) is 14.9 Å². The number of nitrogens with zero attached hydrogens (tertiary/aromatic N) is 1.